The van der Waals surface area contributed by atoms with Crippen molar-refractivity contribution in [3.63, 3.8) is 0 Å². The monoisotopic (exact) mass is 454 g/mol. The Hall–Kier alpha value is -2.37. The molecule has 180 valence electrons. The SMILES string of the molecule is CCN(CC)C(=O)N(C)C(=O)[C@H]1CC[C@H]2[C@@H]3CCc4cc(C(=O)OC)ccc4[C@H]3CC[C@]12C. The van der Waals surface area contributed by atoms with Crippen molar-refractivity contribution in [2.24, 2.45) is 23.2 Å². The number of benzene rings is 1. The standard InChI is InChI=1S/C27H38N2O4/c1-6-29(7-2)26(32)28(4)24(30)23-13-12-22-21-11-8-17-16-18(25(31)33-5)9-10-19(17)20(21)14-15-27(22,23)3/h9-10,16,20-23H,6-8,11-15H2,1-5H3/t20-,21-,22+,23-,27+/m1/s1. The van der Waals surface area contributed by atoms with Gasteiger partial charge in [0.1, 0.15) is 0 Å². The molecule has 0 unspecified atom stereocenters. The van der Waals surface area contributed by atoms with Gasteiger partial charge in [-0.15, -0.1) is 0 Å². The fourth-order valence-corrected chi connectivity index (χ4v) is 7.27. The molecule has 0 heterocycles. The first-order chi connectivity index (χ1) is 15.8. The summed E-state index contributed by atoms with van der Waals surface area (Å²) in [5.74, 6) is 1.17. The molecule has 0 aliphatic heterocycles. The molecule has 5 atom stereocenters. The van der Waals surface area contributed by atoms with Crippen LogP contribution in [-0.4, -0.2) is 55.0 Å². The molecule has 1 aromatic rings. The Morgan fingerprint density at radius 1 is 1.09 bits per heavy atom. The van der Waals surface area contributed by atoms with Crippen LogP contribution in [0.15, 0.2) is 18.2 Å². The number of rotatable bonds is 4. The minimum atomic E-state index is -0.281. The zero-order chi connectivity index (χ0) is 23.9. The van der Waals surface area contributed by atoms with Gasteiger partial charge in [0.2, 0.25) is 5.91 Å². The topological polar surface area (TPSA) is 66.9 Å². The molecule has 2 fully saturated rings. The van der Waals surface area contributed by atoms with Gasteiger partial charge in [-0.1, -0.05) is 13.0 Å². The number of ether oxygens (including phenoxy) is 1. The summed E-state index contributed by atoms with van der Waals surface area (Å²) in [5.41, 5.74) is 3.23. The van der Waals surface area contributed by atoms with Crippen molar-refractivity contribution >= 4 is 17.9 Å². The number of methoxy groups -OCH3 is 1. The van der Waals surface area contributed by atoms with E-state index in [4.69, 9.17) is 4.74 Å². The molecule has 0 bridgehead atoms. The third-order valence-corrected chi connectivity index (χ3v) is 9.10. The van der Waals surface area contributed by atoms with E-state index in [1.807, 2.05) is 26.0 Å². The molecule has 6 heteroatoms. The summed E-state index contributed by atoms with van der Waals surface area (Å²) < 4.78 is 4.90. The second kappa shape index (κ2) is 9.11. The molecule has 4 rings (SSSR count). The molecule has 0 N–H and O–H groups in total. The van der Waals surface area contributed by atoms with Crippen LogP contribution >= 0.6 is 0 Å². The molecule has 33 heavy (non-hydrogen) atoms. The van der Waals surface area contributed by atoms with Gasteiger partial charge in [0.15, 0.2) is 0 Å². The molecule has 3 amide bonds. The molecule has 0 saturated heterocycles. The minimum absolute atomic E-state index is 0.00530. The van der Waals surface area contributed by atoms with E-state index in [0.717, 1.165) is 38.5 Å². The van der Waals surface area contributed by atoms with Gasteiger partial charge in [-0.2, -0.15) is 0 Å². The maximum atomic E-state index is 13.5. The van der Waals surface area contributed by atoms with Crippen LogP contribution in [0.5, 0.6) is 0 Å². The third-order valence-electron chi connectivity index (χ3n) is 9.10. The van der Waals surface area contributed by atoms with Crippen molar-refractivity contribution in [2.45, 2.75) is 65.2 Å². The number of amides is 3. The second-order valence-corrected chi connectivity index (χ2v) is 10.3. The van der Waals surface area contributed by atoms with Gasteiger partial charge < -0.3 is 9.64 Å². The maximum Gasteiger partial charge on any atom is 0.337 e. The summed E-state index contributed by atoms with van der Waals surface area (Å²) in [7, 11) is 3.08. The van der Waals surface area contributed by atoms with E-state index in [-0.39, 0.29) is 29.2 Å². The number of hydrogen-bond donors (Lipinski definition) is 0. The quantitative estimate of drug-likeness (QED) is 0.609. The Balaban J connectivity index is 1.54. The Bertz CT molecular complexity index is 940. The summed E-state index contributed by atoms with van der Waals surface area (Å²) >= 11 is 0. The van der Waals surface area contributed by atoms with E-state index >= 15 is 0 Å². The average molecular weight is 455 g/mol. The molecule has 0 spiro atoms. The van der Waals surface area contributed by atoms with E-state index in [9.17, 15) is 14.4 Å². The Labute approximate surface area is 197 Å². The second-order valence-electron chi connectivity index (χ2n) is 10.3. The molecule has 3 aliphatic carbocycles. The summed E-state index contributed by atoms with van der Waals surface area (Å²) in [6.07, 6.45) is 6.04. The van der Waals surface area contributed by atoms with Gasteiger partial charge in [-0.3, -0.25) is 9.69 Å². The lowest BCUT2D eigenvalue weighted by atomic mass is 9.54. The average Bonchev–Trinajstić information content (AvgIpc) is 3.19. The first-order valence-electron chi connectivity index (χ1n) is 12.5. The summed E-state index contributed by atoms with van der Waals surface area (Å²) in [5, 5.41) is 0. The van der Waals surface area contributed by atoms with E-state index in [1.54, 1.807) is 11.9 Å². The highest BCUT2D eigenvalue weighted by Gasteiger charge is 2.57. The van der Waals surface area contributed by atoms with Crippen molar-refractivity contribution in [3.8, 4) is 0 Å². The van der Waals surface area contributed by atoms with Crippen LogP contribution < -0.4 is 0 Å². The smallest absolute Gasteiger partial charge is 0.337 e. The van der Waals surface area contributed by atoms with Crippen molar-refractivity contribution in [2.75, 3.05) is 27.2 Å². The van der Waals surface area contributed by atoms with E-state index in [0.29, 0.717) is 36.4 Å². The zero-order valence-corrected chi connectivity index (χ0v) is 20.7. The van der Waals surface area contributed by atoms with Gasteiger partial charge in [0.25, 0.3) is 0 Å². The number of aryl methyl sites for hydroxylation is 1. The van der Waals surface area contributed by atoms with Crippen LogP contribution in [0, 0.1) is 23.2 Å². The predicted molar refractivity (Wildman–Crippen MR) is 127 cm³/mol. The van der Waals surface area contributed by atoms with Gasteiger partial charge in [0.05, 0.1) is 12.7 Å². The number of carbonyl (C=O) groups excluding carboxylic acids is 3. The first kappa shape index (κ1) is 23.8. The van der Waals surface area contributed by atoms with Crippen LogP contribution in [0.4, 0.5) is 4.79 Å². The number of fused-ring (bicyclic) bond motifs is 5. The lowest BCUT2D eigenvalue weighted by molar-refractivity contribution is -0.137. The van der Waals surface area contributed by atoms with E-state index < -0.39 is 0 Å². The molecular formula is C27H38N2O4. The fourth-order valence-electron chi connectivity index (χ4n) is 7.27. The van der Waals surface area contributed by atoms with Crippen molar-refractivity contribution in [3.05, 3.63) is 34.9 Å². The number of carbonyl (C=O) groups is 3. The van der Waals surface area contributed by atoms with Gasteiger partial charge in [0, 0.05) is 26.1 Å². The third kappa shape index (κ3) is 3.85. The molecule has 3 aliphatic rings. The number of imide groups is 1. The molecule has 0 radical (unpaired) electrons. The summed E-state index contributed by atoms with van der Waals surface area (Å²) in [4.78, 5) is 41.4. The van der Waals surface area contributed by atoms with Crippen LogP contribution in [-0.2, 0) is 16.0 Å². The highest BCUT2D eigenvalue weighted by atomic mass is 16.5. The number of urea groups is 1. The van der Waals surface area contributed by atoms with Gasteiger partial charge in [-0.25, -0.2) is 9.59 Å². The van der Waals surface area contributed by atoms with Gasteiger partial charge >= 0.3 is 12.0 Å². The lowest BCUT2D eigenvalue weighted by Crippen LogP contribution is -2.50. The van der Waals surface area contributed by atoms with Crippen LogP contribution in [0.1, 0.15) is 80.3 Å². The van der Waals surface area contributed by atoms with Gasteiger partial charge in [-0.05, 0) is 98.8 Å². The molecule has 6 nitrogen and oxygen atoms in total. The minimum Gasteiger partial charge on any atom is -0.465 e. The Morgan fingerprint density at radius 2 is 1.82 bits per heavy atom. The number of esters is 1. The molecule has 1 aromatic carbocycles. The van der Waals surface area contributed by atoms with Crippen LogP contribution in [0.25, 0.3) is 0 Å². The lowest BCUT2D eigenvalue weighted by Gasteiger charge is -2.51. The van der Waals surface area contributed by atoms with E-state index in [1.165, 1.54) is 23.1 Å². The fraction of sp³-hybridized carbons (Fsp3) is 0.667. The number of nitrogens with zero attached hydrogens (tertiary/aromatic N) is 2. The Kier molecular flexibility index (Phi) is 6.56. The van der Waals surface area contributed by atoms with Crippen molar-refractivity contribution < 1.29 is 19.1 Å². The normalized spacial score (nSPS) is 30.0. The summed E-state index contributed by atoms with van der Waals surface area (Å²) in [6, 6.07) is 5.86. The van der Waals surface area contributed by atoms with Crippen LogP contribution in [0.3, 0.4) is 0 Å². The number of hydrogen-bond acceptors (Lipinski definition) is 4. The Morgan fingerprint density at radius 3 is 2.48 bits per heavy atom. The first-order valence-corrected chi connectivity index (χ1v) is 12.5. The highest BCUT2D eigenvalue weighted by Crippen LogP contribution is 2.63. The van der Waals surface area contributed by atoms with Crippen molar-refractivity contribution in [1.82, 2.24) is 9.80 Å². The summed E-state index contributed by atoms with van der Waals surface area (Å²) in [6.45, 7) is 7.41. The van der Waals surface area contributed by atoms with Crippen molar-refractivity contribution in [1.29, 1.82) is 0 Å². The van der Waals surface area contributed by atoms with Crippen LogP contribution in [0.2, 0.25) is 0 Å². The largest absolute Gasteiger partial charge is 0.465 e. The molecule has 2 saturated carbocycles. The maximum absolute atomic E-state index is 13.5. The highest BCUT2D eigenvalue weighted by molar-refractivity contribution is 5.95. The molecular weight excluding hydrogens is 416 g/mol. The van der Waals surface area contributed by atoms with E-state index in [2.05, 4.69) is 13.0 Å². The molecule has 0 aromatic heterocycles. The predicted octanol–water partition coefficient (Wildman–Crippen LogP) is 4.87. The zero-order valence-electron chi connectivity index (χ0n) is 20.7.